The molecule has 0 unspecified atom stereocenters. The zero-order valence-electron chi connectivity index (χ0n) is 16.6. The van der Waals surface area contributed by atoms with Gasteiger partial charge in [-0.2, -0.15) is 0 Å². The number of carbonyl (C=O) groups excluding carboxylic acids is 1. The van der Waals surface area contributed by atoms with Gasteiger partial charge in [-0.15, -0.1) is 0 Å². The Labute approximate surface area is 170 Å². The molecular formula is C23H23N5O. The van der Waals surface area contributed by atoms with Gasteiger partial charge in [-0.25, -0.2) is 9.97 Å². The first kappa shape index (κ1) is 18.8. The topological polar surface area (TPSA) is 63.9 Å². The van der Waals surface area contributed by atoms with E-state index in [2.05, 4.69) is 15.0 Å². The van der Waals surface area contributed by atoms with E-state index in [-0.39, 0.29) is 11.9 Å². The predicted molar refractivity (Wildman–Crippen MR) is 113 cm³/mol. The summed E-state index contributed by atoms with van der Waals surface area (Å²) in [5.74, 6) is 0.0651. The Hall–Kier alpha value is -3.54. The third-order valence-corrected chi connectivity index (χ3v) is 4.77. The third-order valence-electron chi connectivity index (χ3n) is 4.77. The van der Waals surface area contributed by atoms with Crippen LogP contribution in [0.15, 0.2) is 73.4 Å². The molecule has 6 nitrogen and oxygen atoms in total. The van der Waals surface area contributed by atoms with Crippen LogP contribution in [0, 0.1) is 0 Å². The Kier molecular flexibility index (Phi) is 5.33. The van der Waals surface area contributed by atoms with Crippen LogP contribution in [0.1, 0.15) is 25.1 Å². The van der Waals surface area contributed by atoms with Crippen LogP contribution in [0.3, 0.4) is 0 Å². The van der Waals surface area contributed by atoms with Gasteiger partial charge in [0, 0.05) is 30.3 Å². The van der Waals surface area contributed by atoms with Gasteiger partial charge >= 0.3 is 0 Å². The second-order valence-corrected chi connectivity index (χ2v) is 7.29. The molecule has 6 heteroatoms. The lowest BCUT2D eigenvalue weighted by Crippen LogP contribution is -2.38. The second-order valence-electron chi connectivity index (χ2n) is 7.29. The molecule has 0 saturated heterocycles. The van der Waals surface area contributed by atoms with Crippen LogP contribution in [-0.2, 0) is 17.8 Å². The number of fused-ring (bicyclic) bond motifs is 1. The molecule has 29 heavy (non-hydrogen) atoms. The van der Waals surface area contributed by atoms with Gasteiger partial charge in [-0.05, 0) is 43.7 Å². The van der Waals surface area contributed by atoms with Crippen molar-refractivity contribution < 1.29 is 4.79 Å². The first-order chi connectivity index (χ1) is 14.1. The summed E-state index contributed by atoms with van der Waals surface area (Å²) in [5.41, 5.74) is 4.50. The molecule has 4 rings (SSSR count). The highest BCUT2D eigenvalue weighted by molar-refractivity contribution is 5.95. The van der Waals surface area contributed by atoms with Gasteiger partial charge in [0.05, 0.1) is 24.4 Å². The number of pyridine rings is 2. The van der Waals surface area contributed by atoms with Crippen molar-refractivity contribution in [2.45, 2.75) is 32.9 Å². The summed E-state index contributed by atoms with van der Waals surface area (Å²) in [4.78, 5) is 27.7. The average molecular weight is 385 g/mol. The number of para-hydroxylation sites is 1. The Bertz CT molecular complexity index is 1060. The Balaban J connectivity index is 1.45. The van der Waals surface area contributed by atoms with Crippen molar-refractivity contribution in [3.63, 3.8) is 0 Å². The molecule has 0 bridgehead atoms. The number of benzene rings is 1. The molecule has 146 valence electrons. The van der Waals surface area contributed by atoms with Crippen molar-refractivity contribution >= 4 is 11.6 Å². The van der Waals surface area contributed by atoms with Gasteiger partial charge in [0.1, 0.15) is 12.0 Å². The minimum Gasteiger partial charge on any atom is -0.346 e. The summed E-state index contributed by atoms with van der Waals surface area (Å²) in [6.45, 7) is 4.69. The summed E-state index contributed by atoms with van der Waals surface area (Å²) >= 11 is 0. The summed E-state index contributed by atoms with van der Waals surface area (Å²) in [7, 11) is 0. The zero-order chi connectivity index (χ0) is 20.2. The lowest BCUT2D eigenvalue weighted by molar-refractivity contribution is -0.118. The molecule has 2 aromatic rings. The fourth-order valence-electron chi connectivity index (χ4n) is 3.40. The Morgan fingerprint density at radius 1 is 1.00 bits per heavy atom. The van der Waals surface area contributed by atoms with Gasteiger partial charge in [-0.3, -0.25) is 9.78 Å². The van der Waals surface area contributed by atoms with Gasteiger partial charge in [0.2, 0.25) is 5.91 Å². The lowest BCUT2D eigenvalue weighted by Gasteiger charge is -2.27. The quantitative estimate of drug-likeness (QED) is 0.506. The molecule has 0 aliphatic carbocycles. The lowest BCUT2D eigenvalue weighted by atomic mass is 10.1. The fourth-order valence-corrected chi connectivity index (χ4v) is 3.40. The second kappa shape index (κ2) is 8.22. The van der Waals surface area contributed by atoms with E-state index in [1.807, 2.05) is 84.2 Å². The molecular weight excluding hydrogens is 362 g/mol. The molecule has 1 aromatic carbocycles. The fraction of sp³-hybridized carbons (Fsp3) is 0.217. The van der Waals surface area contributed by atoms with Crippen molar-refractivity contribution in [1.82, 2.24) is 19.5 Å². The molecule has 0 radical (unpaired) electrons. The number of anilines is 1. The number of hydrogen-bond donors (Lipinski definition) is 0. The molecule has 0 spiro atoms. The van der Waals surface area contributed by atoms with Crippen molar-refractivity contribution in [2.75, 3.05) is 4.90 Å². The predicted octanol–water partition coefficient (Wildman–Crippen LogP) is 3.81. The van der Waals surface area contributed by atoms with Crippen molar-refractivity contribution in [2.24, 2.45) is 0 Å². The molecule has 3 heterocycles. The number of aromatic nitrogens is 4. The maximum Gasteiger partial charge on any atom is 0.231 e. The monoisotopic (exact) mass is 385 g/mol. The van der Waals surface area contributed by atoms with Crippen LogP contribution >= 0.6 is 0 Å². The molecule has 2 aliphatic rings. The van der Waals surface area contributed by atoms with E-state index in [0.717, 1.165) is 28.3 Å². The van der Waals surface area contributed by atoms with Crippen LogP contribution in [0.25, 0.3) is 11.4 Å². The highest BCUT2D eigenvalue weighted by Gasteiger charge is 2.19. The minimum atomic E-state index is 0.0651. The highest BCUT2D eigenvalue weighted by atomic mass is 16.2. The van der Waals surface area contributed by atoms with Crippen LogP contribution in [0.5, 0.6) is 0 Å². The maximum absolute atomic E-state index is 12.9. The van der Waals surface area contributed by atoms with E-state index in [0.29, 0.717) is 13.0 Å². The van der Waals surface area contributed by atoms with E-state index in [1.165, 1.54) is 0 Å². The number of carbonyl (C=O) groups is 1. The smallest absolute Gasteiger partial charge is 0.231 e. The standard InChI is InChI=1S/C23H23N5O/c1-17(2)28(20-6-4-3-5-7-20)23(29)12-18-8-9-19(24-13-18)14-27-11-10-21-22(15-27)26-16-25-21/h3-11,13,15-17H,12,14H2,1-2H3. The molecule has 1 aromatic heterocycles. The summed E-state index contributed by atoms with van der Waals surface area (Å²) in [6, 6.07) is 15.8. The summed E-state index contributed by atoms with van der Waals surface area (Å²) < 4.78 is 2.03. The molecule has 0 atom stereocenters. The van der Waals surface area contributed by atoms with Crippen LogP contribution in [0.2, 0.25) is 0 Å². The number of nitrogens with zero attached hydrogens (tertiary/aromatic N) is 5. The molecule has 0 N–H and O–H groups in total. The van der Waals surface area contributed by atoms with E-state index in [9.17, 15) is 4.79 Å². The molecule has 0 fully saturated rings. The van der Waals surface area contributed by atoms with Crippen LogP contribution in [0.4, 0.5) is 5.69 Å². The van der Waals surface area contributed by atoms with E-state index in [1.54, 1.807) is 12.5 Å². The Morgan fingerprint density at radius 2 is 1.79 bits per heavy atom. The SMILES string of the molecule is CC(C)N(C(=O)Cc1ccc(Cn2ccc3ncnc-3c2)nc1)c1ccccc1. The molecule has 2 aliphatic heterocycles. The minimum absolute atomic E-state index is 0.0651. The largest absolute Gasteiger partial charge is 0.346 e. The summed E-state index contributed by atoms with van der Waals surface area (Å²) in [5, 5.41) is 0. The average Bonchev–Trinajstić information content (AvgIpc) is 3.18. The first-order valence-corrected chi connectivity index (χ1v) is 9.67. The van der Waals surface area contributed by atoms with Gasteiger partial charge in [0.15, 0.2) is 0 Å². The molecule has 0 saturated carbocycles. The van der Waals surface area contributed by atoms with Gasteiger partial charge in [0.25, 0.3) is 0 Å². The number of imidazole rings is 1. The number of amides is 1. The van der Waals surface area contributed by atoms with E-state index < -0.39 is 0 Å². The van der Waals surface area contributed by atoms with Crippen molar-refractivity contribution in [1.29, 1.82) is 0 Å². The Morgan fingerprint density at radius 3 is 2.52 bits per heavy atom. The van der Waals surface area contributed by atoms with Gasteiger partial charge in [-0.1, -0.05) is 24.3 Å². The summed E-state index contributed by atoms with van der Waals surface area (Å²) in [6.07, 6.45) is 7.61. The molecule has 1 amide bonds. The normalized spacial score (nSPS) is 11.1. The first-order valence-electron chi connectivity index (χ1n) is 9.67. The van der Waals surface area contributed by atoms with E-state index in [4.69, 9.17) is 0 Å². The number of hydrogen-bond acceptors (Lipinski definition) is 4. The van der Waals surface area contributed by atoms with Crippen molar-refractivity contribution in [3.05, 3.63) is 84.7 Å². The maximum atomic E-state index is 12.9. The van der Waals surface area contributed by atoms with Gasteiger partial charge < -0.3 is 9.47 Å². The third kappa shape index (κ3) is 4.32. The zero-order valence-corrected chi connectivity index (χ0v) is 16.6. The highest BCUT2D eigenvalue weighted by Crippen LogP contribution is 2.19. The van der Waals surface area contributed by atoms with Crippen LogP contribution < -0.4 is 4.90 Å². The van der Waals surface area contributed by atoms with Crippen molar-refractivity contribution in [3.8, 4) is 11.4 Å². The van der Waals surface area contributed by atoms with E-state index >= 15 is 0 Å². The number of rotatable bonds is 6. The van der Waals surface area contributed by atoms with Crippen LogP contribution in [-0.4, -0.2) is 31.5 Å².